The number of hydrogen-bond acceptors (Lipinski definition) is 3. The lowest BCUT2D eigenvalue weighted by molar-refractivity contribution is -0.125. The van der Waals surface area contributed by atoms with E-state index in [0.29, 0.717) is 0 Å². The predicted molar refractivity (Wildman–Crippen MR) is 66.7 cm³/mol. The van der Waals surface area contributed by atoms with Crippen molar-refractivity contribution in [3.05, 3.63) is 35.4 Å². The Morgan fingerprint density at radius 1 is 1.17 bits per heavy atom. The number of benzene rings is 1. The Balaban J connectivity index is 2.50. The molecule has 0 saturated carbocycles. The monoisotopic (exact) mass is 273 g/mol. The molecule has 0 fully saturated rings. The highest BCUT2D eigenvalue weighted by Crippen LogP contribution is 2.12. The van der Waals surface area contributed by atoms with Gasteiger partial charge >= 0.3 is 0 Å². The topological polar surface area (TPSA) is 37.4 Å². The number of halogens is 2. The van der Waals surface area contributed by atoms with Crippen LogP contribution in [0, 0.1) is 11.6 Å². The maximum absolute atomic E-state index is 12.9. The summed E-state index contributed by atoms with van der Waals surface area (Å²) in [4.78, 5) is 24.3. The van der Waals surface area contributed by atoms with Gasteiger partial charge in [-0.2, -0.15) is 0 Å². The number of Topliss-reactive ketones (excluding diaryl/α,β-unsaturated/α-hetero) is 1. The SMILES string of the molecule is CN(C)C(=O)CSCC(=O)c1ccc(F)c(F)c1. The average molecular weight is 273 g/mol. The Bertz CT molecular complexity index is 463. The molecule has 3 nitrogen and oxygen atoms in total. The second-order valence-corrected chi connectivity index (χ2v) is 4.82. The Labute approximate surface area is 108 Å². The van der Waals surface area contributed by atoms with Gasteiger partial charge in [-0.25, -0.2) is 8.78 Å². The minimum absolute atomic E-state index is 0.0602. The first kappa shape index (κ1) is 14.6. The smallest absolute Gasteiger partial charge is 0.232 e. The second kappa shape index (κ2) is 6.49. The molecule has 0 heterocycles. The molecule has 0 aromatic heterocycles. The van der Waals surface area contributed by atoms with Crippen LogP contribution in [0.2, 0.25) is 0 Å². The van der Waals surface area contributed by atoms with Gasteiger partial charge in [-0.15, -0.1) is 11.8 Å². The zero-order chi connectivity index (χ0) is 13.7. The lowest BCUT2D eigenvalue weighted by atomic mass is 10.1. The highest BCUT2D eigenvalue weighted by molar-refractivity contribution is 8.00. The molecule has 0 N–H and O–H groups in total. The molecule has 0 aliphatic heterocycles. The van der Waals surface area contributed by atoms with E-state index in [1.807, 2.05) is 0 Å². The van der Waals surface area contributed by atoms with Crippen LogP contribution in [0.5, 0.6) is 0 Å². The van der Waals surface area contributed by atoms with E-state index in [2.05, 4.69) is 0 Å². The zero-order valence-electron chi connectivity index (χ0n) is 10.1. The summed E-state index contributed by atoms with van der Waals surface area (Å²) >= 11 is 1.15. The molecule has 1 aromatic carbocycles. The molecule has 6 heteroatoms. The Morgan fingerprint density at radius 3 is 2.39 bits per heavy atom. The van der Waals surface area contributed by atoms with E-state index in [1.165, 1.54) is 11.0 Å². The summed E-state index contributed by atoms with van der Waals surface area (Å²) < 4.78 is 25.6. The Hall–Kier alpha value is -1.43. The third-order valence-electron chi connectivity index (χ3n) is 2.20. The molecule has 98 valence electrons. The molecule has 0 bridgehead atoms. The number of hydrogen-bond donors (Lipinski definition) is 0. The largest absolute Gasteiger partial charge is 0.348 e. The maximum Gasteiger partial charge on any atom is 0.232 e. The quantitative estimate of drug-likeness (QED) is 0.770. The highest BCUT2D eigenvalue weighted by Gasteiger charge is 2.11. The van der Waals surface area contributed by atoms with E-state index in [-0.39, 0.29) is 28.8 Å². The fraction of sp³-hybridized carbons (Fsp3) is 0.333. The molecule has 0 spiro atoms. The molecule has 1 amide bonds. The number of thioether (sulfide) groups is 1. The van der Waals surface area contributed by atoms with Crippen molar-refractivity contribution >= 4 is 23.5 Å². The van der Waals surface area contributed by atoms with Crippen molar-refractivity contribution in [3.8, 4) is 0 Å². The summed E-state index contributed by atoms with van der Waals surface area (Å²) in [6.45, 7) is 0. The number of carbonyl (C=O) groups excluding carboxylic acids is 2. The Kier molecular flexibility index (Phi) is 5.27. The summed E-state index contributed by atoms with van der Waals surface area (Å²) in [5, 5.41) is 0. The van der Waals surface area contributed by atoms with Gasteiger partial charge in [0, 0.05) is 19.7 Å². The standard InChI is InChI=1S/C12H13F2NO2S/c1-15(2)12(17)7-18-6-11(16)8-3-4-9(13)10(14)5-8/h3-5H,6-7H2,1-2H3. The molecule has 0 radical (unpaired) electrons. The zero-order valence-corrected chi connectivity index (χ0v) is 10.9. The van der Waals surface area contributed by atoms with E-state index in [9.17, 15) is 18.4 Å². The van der Waals surface area contributed by atoms with Gasteiger partial charge in [-0.05, 0) is 18.2 Å². The van der Waals surface area contributed by atoms with Crippen molar-refractivity contribution < 1.29 is 18.4 Å². The predicted octanol–water partition coefficient (Wildman–Crippen LogP) is 1.97. The molecule has 0 saturated heterocycles. The molecule has 0 atom stereocenters. The van der Waals surface area contributed by atoms with Gasteiger partial charge in [-0.3, -0.25) is 9.59 Å². The van der Waals surface area contributed by atoms with Crippen molar-refractivity contribution in [2.45, 2.75) is 0 Å². The fourth-order valence-corrected chi connectivity index (χ4v) is 2.00. The number of carbonyl (C=O) groups is 2. The molecule has 0 aliphatic carbocycles. The van der Waals surface area contributed by atoms with E-state index in [4.69, 9.17) is 0 Å². The summed E-state index contributed by atoms with van der Waals surface area (Å²) in [6.07, 6.45) is 0. The third-order valence-corrected chi connectivity index (χ3v) is 3.12. The average Bonchev–Trinajstić information content (AvgIpc) is 2.32. The van der Waals surface area contributed by atoms with Gasteiger partial charge in [0.15, 0.2) is 17.4 Å². The van der Waals surface area contributed by atoms with Gasteiger partial charge in [0.1, 0.15) is 0 Å². The third kappa shape index (κ3) is 4.10. The summed E-state index contributed by atoms with van der Waals surface area (Å²) in [5.74, 6) is -2.21. The van der Waals surface area contributed by atoms with Crippen LogP contribution in [-0.4, -0.2) is 42.2 Å². The Morgan fingerprint density at radius 2 is 1.83 bits per heavy atom. The van der Waals surface area contributed by atoms with Crippen LogP contribution in [-0.2, 0) is 4.79 Å². The van der Waals surface area contributed by atoms with Crippen molar-refractivity contribution in [1.29, 1.82) is 0 Å². The van der Waals surface area contributed by atoms with Gasteiger partial charge in [0.05, 0.1) is 11.5 Å². The number of amides is 1. The van der Waals surface area contributed by atoms with Crippen LogP contribution in [0.25, 0.3) is 0 Å². The van der Waals surface area contributed by atoms with E-state index in [1.54, 1.807) is 14.1 Å². The van der Waals surface area contributed by atoms with Crippen LogP contribution in [0.15, 0.2) is 18.2 Å². The summed E-state index contributed by atoms with van der Waals surface area (Å²) in [6, 6.07) is 3.01. The minimum atomic E-state index is -1.05. The van der Waals surface area contributed by atoms with E-state index in [0.717, 1.165) is 23.9 Å². The molecule has 18 heavy (non-hydrogen) atoms. The lowest BCUT2D eigenvalue weighted by Crippen LogP contribution is -2.24. The van der Waals surface area contributed by atoms with E-state index < -0.39 is 11.6 Å². The first-order valence-electron chi connectivity index (χ1n) is 5.18. The normalized spacial score (nSPS) is 10.2. The first-order chi connectivity index (χ1) is 8.41. The second-order valence-electron chi connectivity index (χ2n) is 3.83. The van der Waals surface area contributed by atoms with Crippen LogP contribution >= 0.6 is 11.8 Å². The molecule has 1 aromatic rings. The fourth-order valence-electron chi connectivity index (χ4n) is 1.11. The number of nitrogens with zero attached hydrogens (tertiary/aromatic N) is 1. The molecule has 0 aliphatic rings. The first-order valence-corrected chi connectivity index (χ1v) is 6.33. The van der Waals surface area contributed by atoms with Gasteiger partial charge in [0.2, 0.25) is 5.91 Å². The van der Waals surface area contributed by atoms with Gasteiger partial charge < -0.3 is 4.90 Å². The summed E-state index contributed by atoms with van der Waals surface area (Å²) in [5.41, 5.74) is 0.110. The van der Waals surface area contributed by atoms with Crippen molar-refractivity contribution in [2.75, 3.05) is 25.6 Å². The van der Waals surface area contributed by atoms with Crippen molar-refractivity contribution in [2.24, 2.45) is 0 Å². The minimum Gasteiger partial charge on any atom is -0.348 e. The number of rotatable bonds is 5. The van der Waals surface area contributed by atoms with Crippen molar-refractivity contribution in [3.63, 3.8) is 0 Å². The van der Waals surface area contributed by atoms with Crippen molar-refractivity contribution in [1.82, 2.24) is 4.90 Å². The number of ketones is 1. The lowest BCUT2D eigenvalue weighted by Gasteiger charge is -2.09. The molecular formula is C12H13F2NO2S. The van der Waals surface area contributed by atoms with Crippen LogP contribution in [0.4, 0.5) is 8.78 Å². The van der Waals surface area contributed by atoms with E-state index >= 15 is 0 Å². The van der Waals surface area contributed by atoms with Crippen LogP contribution < -0.4 is 0 Å². The highest BCUT2D eigenvalue weighted by atomic mass is 32.2. The molecule has 1 rings (SSSR count). The van der Waals surface area contributed by atoms with Crippen LogP contribution in [0.3, 0.4) is 0 Å². The maximum atomic E-state index is 12.9. The molecule has 0 unspecified atom stereocenters. The van der Waals surface area contributed by atoms with Gasteiger partial charge in [-0.1, -0.05) is 0 Å². The van der Waals surface area contributed by atoms with Gasteiger partial charge in [0.25, 0.3) is 0 Å². The van der Waals surface area contributed by atoms with Crippen LogP contribution in [0.1, 0.15) is 10.4 Å². The summed E-state index contributed by atoms with van der Waals surface area (Å²) in [7, 11) is 3.25. The molecular weight excluding hydrogens is 260 g/mol.